The maximum atomic E-state index is 13.3. The predicted molar refractivity (Wildman–Crippen MR) is 73.9 cm³/mol. The zero-order chi connectivity index (χ0) is 14.7. The van der Waals surface area contributed by atoms with Crippen molar-refractivity contribution >= 4 is 17.6 Å². The van der Waals surface area contributed by atoms with Gasteiger partial charge in [0, 0.05) is 5.56 Å². The molecule has 0 spiro atoms. The maximum Gasteiger partial charge on any atom is 0.336 e. The van der Waals surface area contributed by atoms with Crippen LogP contribution in [0.25, 0.3) is 0 Å². The standard InChI is InChI=1S/C15H12ClFO3/c1-9-11(15(18)19)3-2-4-14(9)20-8-10-5-6-12(16)13(17)7-10/h2-7H,8H2,1H3,(H,18,19). The quantitative estimate of drug-likeness (QED) is 0.925. The minimum absolute atomic E-state index is 0.0535. The van der Waals surface area contributed by atoms with Gasteiger partial charge in [0.05, 0.1) is 10.6 Å². The first-order valence-corrected chi connectivity index (χ1v) is 6.26. The molecule has 104 valence electrons. The molecule has 0 heterocycles. The molecule has 0 aromatic heterocycles. The molecule has 2 aromatic carbocycles. The Bertz CT molecular complexity index is 656. The number of rotatable bonds is 4. The number of carbonyl (C=O) groups is 1. The molecule has 0 unspecified atom stereocenters. The molecule has 0 aliphatic carbocycles. The molecular weight excluding hydrogens is 283 g/mol. The second-order valence-electron chi connectivity index (χ2n) is 4.27. The summed E-state index contributed by atoms with van der Waals surface area (Å²) in [4.78, 5) is 11.0. The Balaban J connectivity index is 2.17. The van der Waals surface area contributed by atoms with Crippen LogP contribution < -0.4 is 4.74 Å². The monoisotopic (exact) mass is 294 g/mol. The molecule has 2 aromatic rings. The molecule has 2 rings (SSSR count). The van der Waals surface area contributed by atoms with Gasteiger partial charge in [-0.15, -0.1) is 0 Å². The lowest BCUT2D eigenvalue weighted by Gasteiger charge is -2.11. The Kier molecular flexibility index (Phi) is 4.25. The van der Waals surface area contributed by atoms with Gasteiger partial charge >= 0.3 is 5.97 Å². The SMILES string of the molecule is Cc1c(OCc2ccc(Cl)c(F)c2)cccc1C(=O)O. The first-order valence-electron chi connectivity index (χ1n) is 5.88. The summed E-state index contributed by atoms with van der Waals surface area (Å²) in [7, 11) is 0. The lowest BCUT2D eigenvalue weighted by Crippen LogP contribution is -2.03. The van der Waals surface area contributed by atoms with E-state index in [0.717, 1.165) is 0 Å². The molecule has 0 fully saturated rings. The van der Waals surface area contributed by atoms with Crippen LogP contribution >= 0.6 is 11.6 Å². The summed E-state index contributed by atoms with van der Waals surface area (Å²) in [6.45, 7) is 1.80. The van der Waals surface area contributed by atoms with Gasteiger partial charge in [0.1, 0.15) is 18.2 Å². The zero-order valence-corrected chi connectivity index (χ0v) is 11.4. The van der Waals surface area contributed by atoms with E-state index in [9.17, 15) is 9.18 Å². The maximum absolute atomic E-state index is 13.3. The molecule has 0 bridgehead atoms. The highest BCUT2D eigenvalue weighted by Gasteiger charge is 2.11. The second-order valence-corrected chi connectivity index (χ2v) is 4.68. The van der Waals surface area contributed by atoms with Gasteiger partial charge < -0.3 is 9.84 Å². The highest BCUT2D eigenvalue weighted by molar-refractivity contribution is 6.30. The van der Waals surface area contributed by atoms with Crippen LogP contribution in [-0.4, -0.2) is 11.1 Å². The first-order chi connectivity index (χ1) is 9.49. The van der Waals surface area contributed by atoms with Crippen LogP contribution in [0.4, 0.5) is 4.39 Å². The second kappa shape index (κ2) is 5.92. The van der Waals surface area contributed by atoms with E-state index in [0.29, 0.717) is 16.9 Å². The van der Waals surface area contributed by atoms with Crippen LogP contribution in [0.1, 0.15) is 21.5 Å². The van der Waals surface area contributed by atoms with E-state index < -0.39 is 11.8 Å². The van der Waals surface area contributed by atoms with Crippen LogP contribution in [0.15, 0.2) is 36.4 Å². The van der Waals surface area contributed by atoms with Gasteiger partial charge in [-0.05, 0) is 36.8 Å². The van der Waals surface area contributed by atoms with Gasteiger partial charge in [-0.2, -0.15) is 0 Å². The summed E-state index contributed by atoms with van der Waals surface area (Å²) in [6.07, 6.45) is 0. The van der Waals surface area contributed by atoms with E-state index in [1.807, 2.05) is 0 Å². The lowest BCUT2D eigenvalue weighted by molar-refractivity contribution is 0.0695. The third-order valence-corrected chi connectivity index (χ3v) is 3.20. The molecule has 0 saturated heterocycles. The van der Waals surface area contributed by atoms with Crippen molar-refractivity contribution in [3.05, 3.63) is 63.9 Å². The fourth-order valence-electron chi connectivity index (χ4n) is 1.79. The Labute approximate surface area is 120 Å². The summed E-state index contributed by atoms with van der Waals surface area (Å²) in [6, 6.07) is 9.19. The Morgan fingerprint density at radius 2 is 2.10 bits per heavy atom. The zero-order valence-electron chi connectivity index (χ0n) is 10.7. The summed E-state index contributed by atoms with van der Waals surface area (Å²) in [5.41, 5.74) is 1.34. The van der Waals surface area contributed by atoms with E-state index in [-0.39, 0.29) is 17.2 Å². The van der Waals surface area contributed by atoms with E-state index >= 15 is 0 Å². The van der Waals surface area contributed by atoms with E-state index in [2.05, 4.69) is 0 Å². The van der Waals surface area contributed by atoms with Crippen molar-refractivity contribution in [2.24, 2.45) is 0 Å². The van der Waals surface area contributed by atoms with Crippen molar-refractivity contribution in [1.82, 2.24) is 0 Å². The van der Waals surface area contributed by atoms with Crippen molar-refractivity contribution in [3.63, 3.8) is 0 Å². The van der Waals surface area contributed by atoms with Crippen LogP contribution in [0.5, 0.6) is 5.75 Å². The van der Waals surface area contributed by atoms with Gasteiger partial charge in [0.2, 0.25) is 0 Å². The third kappa shape index (κ3) is 3.08. The molecule has 0 aliphatic rings. The molecule has 0 amide bonds. The highest BCUT2D eigenvalue weighted by atomic mass is 35.5. The molecule has 3 nitrogen and oxygen atoms in total. The summed E-state index contributed by atoms with van der Waals surface area (Å²) < 4.78 is 18.8. The predicted octanol–water partition coefficient (Wildman–Crippen LogP) is 4.06. The van der Waals surface area contributed by atoms with Crippen molar-refractivity contribution in [2.75, 3.05) is 0 Å². The molecule has 20 heavy (non-hydrogen) atoms. The average Bonchev–Trinajstić information content (AvgIpc) is 2.41. The number of halogens is 2. The highest BCUT2D eigenvalue weighted by Crippen LogP contribution is 2.23. The van der Waals surface area contributed by atoms with Crippen LogP contribution in [0, 0.1) is 12.7 Å². The smallest absolute Gasteiger partial charge is 0.336 e. The Morgan fingerprint density at radius 3 is 2.75 bits per heavy atom. The molecule has 1 N–H and O–H groups in total. The number of carboxylic acids is 1. The number of hydrogen-bond acceptors (Lipinski definition) is 2. The fraction of sp³-hybridized carbons (Fsp3) is 0.133. The van der Waals surface area contributed by atoms with Crippen LogP contribution in [0.3, 0.4) is 0 Å². The van der Waals surface area contributed by atoms with Crippen molar-refractivity contribution in [3.8, 4) is 5.75 Å². The van der Waals surface area contributed by atoms with Gasteiger partial charge in [-0.25, -0.2) is 9.18 Å². The minimum atomic E-state index is -1.01. The number of aromatic carboxylic acids is 1. The minimum Gasteiger partial charge on any atom is -0.489 e. The molecule has 0 radical (unpaired) electrons. The van der Waals surface area contributed by atoms with Gasteiger partial charge in [-0.3, -0.25) is 0 Å². The number of carboxylic acid groups (broad SMARTS) is 1. The number of ether oxygens (including phenoxy) is 1. The largest absolute Gasteiger partial charge is 0.489 e. The fourth-order valence-corrected chi connectivity index (χ4v) is 1.91. The number of hydrogen-bond donors (Lipinski definition) is 1. The van der Waals surface area contributed by atoms with Crippen molar-refractivity contribution < 1.29 is 19.0 Å². The topological polar surface area (TPSA) is 46.5 Å². The Hall–Kier alpha value is -2.07. The number of benzene rings is 2. The van der Waals surface area contributed by atoms with Crippen LogP contribution in [-0.2, 0) is 6.61 Å². The molecule has 0 atom stereocenters. The molecule has 0 saturated carbocycles. The summed E-state index contributed by atoms with van der Waals surface area (Å²) in [5.74, 6) is -1.06. The van der Waals surface area contributed by atoms with Gasteiger partial charge in [0.25, 0.3) is 0 Å². The third-order valence-electron chi connectivity index (χ3n) is 2.89. The molecular formula is C15H12ClFO3. The van der Waals surface area contributed by atoms with Gasteiger partial charge in [-0.1, -0.05) is 23.7 Å². The summed E-state index contributed by atoms with van der Waals surface area (Å²) in [5, 5.41) is 9.08. The van der Waals surface area contributed by atoms with E-state index in [1.54, 1.807) is 25.1 Å². The normalized spacial score (nSPS) is 10.3. The van der Waals surface area contributed by atoms with E-state index in [4.69, 9.17) is 21.4 Å². The molecule has 0 aliphatic heterocycles. The lowest BCUT2D eigenvalue weighted by atomic mass is 10.1. The van der Waals surface area contributed by atoms with Crippen LogP contribution in [0.2, 0.25) is 5.02 Å². The Morgan fingerprint density at radius 1 is 1.35 bits per heavy atom. The van der Waals surface area contributed by atoms with Gasteiger partial charge in [0.15, 0.2) is 0 Å². The summed E-state index contributed by atoms with van der Waals surface area (Å²) >= 11 is 5.60. The first kappa shape index (κ1) is 14.3. The van der Waals surface area contributed by atoms with E-state index in [1.165, 1.54) is 18.2 Å². The average molecular weight is 295 g/mol. The van der Waals surface area contributed by atoms with Crippen molar-refractivity contribution in [1.29, 1.82) is 0 Å². The van der Waals surface area contributed by atoms with Crippen molar-refractivity contribution in [2.45, 2.75) is 13.5 Å². The molecule has 5 heteroatoms.